The van der Waals surface area contributed by atoms with Crippen LogP contribution >= 0.6 is 23.3 Å². The highest BCUT2D eigenvalue weighted by Crippen LogP contribution is 2.34. The number of aryl methyl sites for hydroxylation is 1. The number of pyridine rings is 1. The molecule has 5 nitrogen and oxygen atoms in total. The molecule has 0 amide bonds. The molecule has 0 aliphatic heterocycles. The van der Waals surface area contributed by atoms with E-state index in [-0.39, 0.29) is 5.69 Å². The van der Waals surface area contributed by atoms with Gasteiger partial charge in [0.1, 0.15) is 5.82 Å². The number of halogens is 1. The third-order valence-electron chi connectivity index (χ3n) is 2.04. The van der Waals surface area contributed by atoms with E-state index in [4.69, 9.17) is 0 Å². The van der Waals surface area contributed by atoms with Gasteiger partial charge in [-0.25, -0.2) is 4.98 Å². The molecule has 94 valence electrons. The Balaban J connectivity index is 2.06. The quantitative estimate of drug-likeness (QED) is 0.402. The van der Waals surface area contributed by atoms with Crippen molar-refractivity contribution in [1.82, 2.24) is 4.98 Å². The van der Waals surface area contributed by atoms with Crippen molar-refractivity contribution in [1.29, 1.82) is 0 Å². The molecule has 18 heavy (non-hydrogen) atoms. The van der Waals surface area contributed by atoms with Gasteiger partial charge in [0, 0.05) is 6.07 Å². The van der Waals surface area contributed by atoms with Gasteiger partial charge >= 0.3 is 0 Å². The zero-order valence-corrected chi connectivity index (χ0v) is 10.8. The normalized spacial score (nSPS) is 10.3. The second-order valence-electron chi connectivity index (χ2n) is 3.31. The summed E-state index contributed by atoms with van der Waals surface area (Å²) in [6.07, 6.45) is 0. The SMILES string of the molecule is Cc1sc(SNc2cccc(F)n2)cc1[N+](=O)[O-]. The summed E-state index contributed by atoms with van der Waals surface area (Å²) in [5.74, 6) is -0.206. The van der Waals surface area contributed by atoms with Crippen LogP contribution in [0.3, 0.4) is 0 Å². The second kappa shape index (κ2) is 5.32. The predicted octanol–water partition coefficient (Wildman–Crippen LogP) is 3.62. The molecule has 0 saturated heterocycles. The van der Waals surface area contributed by atoms with Crippen LogP contribution in [0.4, 0.5) is 15.9 Å². The fraction of sp³-hybridized carbons (Fsp3) is 0.100. The number of hydrogen-bond acceptors (Lipinski definition) is 6. The molecule has 0 spiro atoms. The standard InChI is InChI=1S/C10H8FN3O2S2/c1-6-7(14(15)16)5-10(17-6)18-13-9-4-2-3-8(11)12-9/h2-5H,1H3,(H,12,13). The first-order valence-corrected chi connectivity index (χ1v) is 6.50. The van der Waals surface area contributed by atoms with Gasteiger partial charge in [-0.3, -0.25) is 10.1 Å². The maximum absolute atomic E-state index is 12.8. The zero-order chi connectivity index (χ0) is 13.1. The van der Waals surface area contributed by atoms with Crippen LogP contribution < -0.4 is 4.72 Å². The lowest BCUT2D eigenvalue weighted by molar-refractivity contribution is -0.385. The number of aromatic nitrogens is 1. The van der Waals surface area contributed by atoms with Crippen LogP contribution in [0, 0.1) is 23.0 Å². The number of nitrogens with one attached hydrogen (secondary N) is 1. The molecule has 0 aromatic carbocycles. The Kier molecular flexibility index (Phi) is 3.78. The molecular formula is C10H8FN3O2S2. The molecule has 2 heterocycles. The molecule has 0 saturated carbocycles. The van der Waals surface area contributed by atoms with Crippen molar-refractivity contribution < 1.29 is 9.31 Å². The maximum Gasteiger partial charge on any atom is 0.284 e. The third kappa shape index (κ3) is 2.96. The van der Waals surface area contributed by atoms with Crippen molar-refractivity contribution in [3.8, 4) is 0 Å². The summed E-state index contributed by atoms with van der Waals surface area (Å²) < 4.78 is 16.4. The molecule has 0 radical (unpaired) electrons. The average molecular weight is 285 g/mol. The van der Waals surface area contributed by atoms with E-state index in [1.807, 2.05) is 0 Å². The van der Waals surface area contributed by atoms with Gasteiger partial charge in [-0.05, 0) is 31.0 Å². The van der Waals surface area contributed by atoms with Crippen molar-refractivity contribution in [2.45, 2.75) is 11.1 Å². The number of nitrogens with zero attached hydrogens (tertiary/aromatic N) is 2. The summed E-state index contributed by atoms with van der Waals surface area (Å²) in [5.41, 5.74) is 0.0940. The van der Waals surface area contributed by atoms with Crippen molar-refractivity contribution in [3.05, 3.63) is 45.2 Å². The van der Waals surface area contributed by atoms with E-state index in [9.17, 15) is 14.5 Å². The minimum Gasteiger partial charge on any atom is -0.309 e. The smallest absolute Gasteiger partial charge is 0.284 e. The van der Waals surface area contributed by atoms with Crippen molar-refractivity contribution in [2.24, 2.45) is 0 Å². The fourth-order valence-corrected chi connectivity index (χ4v) is 3.11. The highest BCUT2D eigenvalue weighted by Gasteiger charge is 2.15. The Bertz CT molecular complexity index is 588. The largest absolute Gasteiger partial charge is 0.309 e. The summed E-state index contributed by atoms with van der Waals surface area (Å²) in [4.78, 5) is 14.5. The summed E-state index contributed by atoms with van der Waals surface area (Å²) in [7, 11) is 0. The molecule has 0 bridgehead atoms. The lowest BCUT2D eigenvalue weighted by atomic mass is 10.4. The minimum absolute atomic E-state index is 0.0940. The van der Waals surface area contributed by atoms with Crippen LogP contribution in [0.2, 0.25) is 0 Å². The molecule has 0 aliphatic rings. The van der Waals surface area contributed by atoms with Crippen LogP contribution in [-0.2, 0) is 0 Å². The van der Waals surface area contributed by atoms with Gasteiger partial charge in [0.2, 0.25) is 5.95 Å². The van der Waals surface area contributed by atoms with Crippen LogP contribution in [0.1, 0.15) is 4.88 Å². The Labute approximate surface area is 110 Å². The van der Waals surface area contributed by atoms with E-state index in [1.54, 1.807) is 13.0 Å². The number of thiophene rings is 1. The molecular weight excluding hydrogens is 277 g/mol. The Morgan fingerprint density at radius 2 is 2.33 bits per heavy atom. The van der Waals surface area contributed by atoms with Gasteiger partial charge < -0.3 is 4.72 Å². The number of hydrogen-bond donors (Lipinski definition) is 1. The molecule has 0 aliphatic carbocycles. The Morgan fingerprint density at radius 3 is 2.94 bits per heavy atom. The molecule has 2 aromatic heterocycles. The van der Waals surface area contributed by atoms with Crippen molar-refractivity contribution in [3.63, 3.8) is 0 Å². The van der Waals surface area contributed by atoms with E-state index in [0.717, 1.165) is 4.21 Å². The molecule has 0 fully saturated rings. The van der Waals surface area contributed by atoms with Gasteiger partial charge in [-0.1, -0.05) is 6.07 Å². The zero-order valence-electron chi connectivity index (χ0n) is 9.21. The first-order chi connectivity index (χ1) is 8.56. The van der Waals surface area contributed by atoms with Gasteiger partial charge in [0.25, 0.3) is 5.69 Å². The number of anilines is 1. The van der Waals surface area contributed by atoms with Crippen LogP contribution in [0.5, 0.6) is 0 Å². The van der Waals surface area contributed by atoms with Crippen LogP contribution in [-0.4, -0.2) is 9.91 Å². The molecule has 2 aromatic rings. The summed E-state index contributed by atoms with van der Waals surface area (Å²) in [6.45, 7) is 1.69. The third-order valence-corrected chi connectivity index (χ3v) is 4.00. The van der Waals surface area contributed by atoms with Gasteiger partial charge in [-0.15, -0.1) is 11.3 Å². The van der Waals surface area contributed by atoms with Gasteiger partial charge in [0.05, 0.1) is 14.0 Å². The molecule has 8 heteroatoms. The Hall–Kier alpha value is -1.67. The molecule has 0 atom stereocenters. The minimum atomic E-state index is -0.575. The van der Waals surface area contributed by atoms with E-state index >= 15 is 0 Å². The summed E-state index contributed by atoms with van der Waals surface area (Å²) in [5, 5.41) is 10.7. The topological polar surface area (TPSA) is 68.1 Å². The fourth-order valence-electron chi connectivity index (χ4n) is 1.25. The summed E-state index contributed by atoms with van der Waals surface area (Å²) in [6, 6.07) is 5.88. The Morgan fingerprint density at radius 1 is 1.56 bits per heavy atom. The molecule has 0 unspecified atom stereocenters. The van der Waals surface area contributed by atoms with Crippen LogP contribution in [0.15, 0.2) is 28.5 Å². The van der Waals surface area contributed by atoms with Crippen molar-refractivity contribution in [2.75, 3.05) is 4.72 Å². The van der Waals surface area contributed by atoms with Gasteiger partial charge in [-0.2, -0.15) is 4.39 Å². The predicted molar refractivity (Wildman–Crippen MR) is 69.4 cm³/mol. The monoisotopic (exact) mass is 285 g/mol. The van der Waals surface area contributed by atoms with E-state index in [2.05, 4.69) is 9.71 Å². The summed E-state index contributed by atoms with van der Waals surface area (Å²) >= 11 is 2.47. The molecule has 2 rings (SSSR count). The van der Waals surface area contributed by atoms with E-state index < -0.39 is 10.9 Å². The average Bonchev–Trinajstić information content (AvgIpc) is 2.68. The lowest BCUT2D eigenvalue weighted by Crippen LogP contribution is -1.91. The highest BCUT2D eigenvalue weighted by atomic mass is 32.2. The lowest BCUT2D eigenvalue weighted by Gasteiger charge is -2.01. The van der Waals surface area contributed by atoms with Crippen molar-refractivity contribution >= 4 is 34.8 Å². The van der Waals surface area contributed by atoms with Crippen LogP contribution in [0.25, 0.3) is 0 Å². The first-order valence-electron chi connectivity index (χ1n) is 4.86. The molecule has 1 N–H and O–H groups in total. The maximum atomic E-state index is 12.8. The number of rotatable bonds is 4. The number of nitro groups is 1. The van der Waals surface area contributed by atoms with E-state index in [0.29, 0.717) is 10.7 Å². The van der Waals surface area contributed by atoms with Gasteiger partial charge in [0.15, 0.2) is 0 Å². The van der Waals surface area contributed by atoms with E-state index in [1.165, 1.54) is 41.5 Å². The first kappa shape index (κ1) is 12.8. The second-order valence-corrected chi connectivity index (χ2v) is 5.68. The highest BCUT2D eigenvalue weighted by molar-refractivity contribution is 8.02.